The molecule has 2 heterocycles. The number of para-hydroxylation sites is 1. The Morgan fingerprint density at radius 2 is 1.77 bits per heavy atom. The molecule has 0 atom stereocenters. The number of thiazole rings is 1. The molecular formula is C21H22N4O7S3. The first-order chi connectivity index (χ1) is 16.3. The lowest BCUT2D eigenvalue weighted by molar-refractivity contribution is -0.145. The number of ether oxygens (including phenoxy) is 2. The lowest BCUT2D eigenvalue weighted by atomic mass is 10.2. The molecule has 0 unspecified atom stereocenters. The molecule has 186 valence electrons. The zero-order valence-electron chi connectivity index (χ0n) is 18.7. The number of esters is 2. The molecule has 2 aromatic rings. The summed E-state index contributed by atoms with van der Waals surface area (Å²) in [6.07, 6.45) is 0. The third-order valence-corrected chi connectivity index (χ3v) is 6.37. The van der Waals surface area contributed by atoms with Crippen LogP contribution < -0.4 is 10.6 Å². The highest BCUT2D eigenvalue weighted by Gasteiger charge is 2.39. The van der Waals surface area contributed by atoms with E-state index in [4.69, 9.17) is 21.7 Å². The molecule has 3 rings (SSSR count). The van der Waals surface area contributed by atoms with Crippen molar-refractivity contribution in [2.24, 2.45) is 0 Å². The third kappa shape index (κ3) is 7.08. The Bertz CT molecular complexity index is 1150. The maximum Gasteiger partial charge on any atom is 0.341 e. The van der Waals surface area contributed by atoms with Crippen molar-refractivity contribution in [3.8, 4) is 0 Å². The van der Waals surface area contributed by atoms with Gasteiger partial charge in [0.1, 0.15) is 16.4 Å². The van der Waals surface area contributed by atoms with Crippen LogP contribution in [0.25, 0.3) is 5.57 Å². The van der Waals surface area contributed by atoms with E-state index in [0.29, 0.717) is 5.69 Å². The van der Waals surface area contributed by atoms with Gasteiger partial charge >= 0.3 is 18.0 Å². The number of nitrogens with zero attached hydrogens (tertiary/aromatic N) is 2. The number of benzene rings is 1. The topological polar surface area (TPSA) is 158 Å². The van der Waals surface area contributed by atoms with E-state index >= 15 is 0 Å². The largest absolute Gasteiger partial charge is 0.465 e. The number of thioether (sulfide) groups is 1. The highest BCUT2D eigenvalue weighted by atomic mass is 32.2. The second-order valence-corrected chi connectivity index (χ2v) is 8.97. The van der Waals surface area contributed by atoms with Gasteiger partial charge in [-0.15, -0.1) is 11.3 Å². The van der Waals surface area contributed by atoms with Crippen molar-refractivity contribution in [3.63, 3.8) is 0 Å². The minimum absolute atomic E-state index is 0. The van der Waals surface area contributed by atoms with Crippen molar-refractivity contribution < 1.29 is 34.1 Å². The first-order valence-corrected chi connectivity index (χ1v) is 12.1. The summed E-state index contributed by atoms with van der Waals surface area (Å²) in [4.78, 5) is 55.2. The van der Waals surface area contributed by atoms with E-state index in [0.717, 1.165) is 28.0 Å². The molecule has 0 saturated carbocycles. The summed E-state index contributed by atoms with van der Waals surface area (Å²) in [5.74, 6) is -2.03. The Kier molecular flexibility index (Phi) is 10.3. The number of urea groups is 1. The Balaban J connectivity index is 0.00000432. The fraction of sp³-hybridized carbons (Fsp3) is 0.238. The predicted molar refractivity (Wildman–Crippen MR) is 137 cm³/mol. The van der Waals surface area contributed by atoms with Crippen LogP contribution in [0.3, 0.4) is 0 Å². The van der Waals surface area contributed by atoms with Gasteiger partial charge in [-0.3, -0.25) is 19.8 Å². The van der Waals surface area contributed by atoms with Crippen molar-refractivity contribution in [2.45, 2.75) is 13.8 Å². The lowest BCUT2D eigenvalue weighted by Crippen LogP contribution is -2.34. The number of thiocarbonyl (C=S) groups is 1. The number of amides is 3. The molecule has 0 aliphatic carbocycles. The van der Waals surface area contributed by atoms with Crippen LogP contribution in [0, 0.1) is 0 Å². The Hall–Kier alpha value is -3.33. The van der Waals surface area contributed by atoms with Crippen LogP contribution in [-0.4, -0.2) is 63.3 Å². The second kappa shape index (κ2) is 12.9. The fourth-order valence-corrected chi connectivity index (χ4v) is 4.78. The zero-order chi connectivity index (χ0) is 24.7. The Morgan fingerprint density at radius 1 is 1.09 bits per heavy atom. The molecular weight excluding hydrogens is 516 g/mol. The van der Waals surface area contributed by atoms with Crippen LogP contribution >= 0.6 is 35.3 Å². The second-order valence-electron chi connectivity index (χ2n) is 6.47. The lowest BCUT2D eigenvalue weighted by Gasteiger charge is -2.13. The molecule has 1 aliphatic heterocycles. The van der Waals surface area contributed by atoms with Gasteiger partial charge in [0, 0.05) is 11.1 Å². The Labute approximate surface area is 214 Å². The van der Waals surface area contributed by atoms with Gasteiger partial charge in [-0.1, -0.05) is 42.2 Å². The number of hydrogen-bond donors (Lipinski definition) is 2. The summed E-state index contributed by atoms with van der Waals surface area (Å²) in [7, 11) is 0. The molecule has 1 aromatic carbocycles. The number of nitrogens with one attached hydrogen (secondary N) is 2. The molecule has 1 aromatic heterocycles. The maximum atomic E-state index is 13.0. The first kappa shape index (κ1) is 27.9. The van der Waals surface area contributed by atoms with Gasteiger partial charge in [-0.25, -0.2) is 14.6 Å². The smallest absolute Gasteiger partial charge is 0.341 e. The molecule has 35 heavy (non-hydrogen) atoms. The summed E-state index contributed by atoms with van der Waals surface area (Å²) >= 11 is 7.17. The van der Waals surface area contributed by atoms with Crippen molar-refractivity contribution >= 4 is 79.9 Å². The van der Waals surface area contributed by atoms with E-state index < -0.39 is 23.9 Å². The predicted octanol–water partition coefficient (Wildman–Crippen LogP) is 2.66. The van der Waals surface area contributed by atoms with E-state index in [1.807, 2.05) is 6.07 Å². The maximum absolute atomic E-state index is 13.0. The number of aromatic nitrogens is 1. The number of hydrogen-bond acceptors (Lipinski definition) is 10. The van der Waals surface area contributed by atoms with E-state index in [1.165, 1.54) is 5.38 Å². The van der Waals surface area contributed by atoms with Crippen LogP contribution in [0.2, 0.25) is 0 Å². The molecule has 1 aliphatic rings. The summed E-state index contributed by atoms with van der Waals surface area (Å²) in [6, 6.07) is 8.31. The summed E-state index contributed by atoms with van der Waals surface area (Å²) < 4.78 is 10.1. The van der Waals surface area contributed by atoms with Crippen molar-refractivity contribution in [3.05, 3.63) is 46.3 Å². The van der Waals surface area contributed by atoms with E-state index in [9.17, 15) is 19.2 Å². The molecule has 0 bridgehead atoms. The van der Waals surface area contributed by atoms with Crippen LogP contribution in [0.4, 0.5) is 15.6 Å². The third-order valence-electron chi connectivity index (χ3n) is 4.16. The van der Waals surface area contributed by atoms with Gasteiger partial charge in [0.2, 0.25) is 0 Å². The summed E-state index contributed by atoms with van der Waals surface area (Å²) in [5.41, 5.74) is 0.627. The number of rotatable bonds is 8. The van der Waals surface area contributed by atoms with Crippen LogP contribution in [-0.2, 0) is 23.9 Å². The van der Waals surface area contributed by atoms with Gasteiger partial charge in [0.25, 0.3) is 5.91 Å². The molecule has 4 N–H and O–H groups in total. The number of carbonyl (C=O) groups excluding carboxylic acids is 4. The minimum atomic E-state index is -0.773. The van der Waals surface area contributed by atoms with Gasteiger partial charge in [0.05, 0.1) is 23.8 Å². The van der Waals surface area contributed by atoms with Crippen molar-refractivity contribution in [1.29, 1.82) is 0 Å². The van der Waals surface area contributed by atoms with Crippen LogP contribution in [0.1, 0.15) is 19.5 Å². The fourth-order valence-electron chi connectivity index (χ4n) is 2.77. The van der Waals surface area contributed by atoms with E-state index in [1.54, 1.807) is 38.1 Å². The number of anilines is 2. The van der Waals surface area contributed by atoms with Gasteiger partial charge in [-0.05, 0) is 26.0 Å². The zero-order valence-corrected chi connectivity index (χ0v) is 21.1. The molecule has 11 nitrogen and oxygen atoms in total. The first-order valence-electron chi connectivity index (χ1n) is 10.0. The average molecular weight is 539 g/mol. The molecule has 0 spiro atoms. The van der Waals surface area contributed by atoms with Gasteiger partial charge in [0.15, 0.2) is 5.13 Å². The van der Waals surface area contributed by atoms with Crippen molar-refractivity contribution in [1.82, 2.24) is 9.88 Å². The standard InChI is InChI=1S/C21H20N4O6S3.H2O/c1-3-30-14(26)10-25-17(27)16(34-21(25)32)15(18(28)31-4-2)13-11-33-20(23-13)24-19(29)22-12-8-6-5-7-9-12;/h5-9,11H,3-4,10H2,1-2H3,(H2,22,23,24,29);1H2. The molecule has 14 heteroatoms. The molecule has 3 amide bonds. The molecule has 1 fully saturated rings. The minimum Gasteiger partial charge on any atom is -0.465 e. The summed E-state index contributed by atoms with van der Waals surface area (Å²) in [6.45, 7) is 3.13. The highest BCUT2D eigenvalue weighted by molar-refractivity contribution is 8.26. The summed E-state index contributed by atoms with van der Waals surface area (Å²) in [5, 5.41) is 6.97. The molecule has 1 saturated heterocycles. The SMILES string of the molecule is CCOC(=O)CN1C(=O)C(=C(C(=O)OCC)c2csc(NC(=O)Nc3ccccc3)n2)SC1=S.O. The average Bonchev–Trinajstić information content (AvgIpc) is 3.35. The van der Waals surface area contributed by atoms with Crippen molar-refractivity contribution in [2.75, 3.05) is 30.4 Å². The quantitative estimate of drug-likeness (QED) is 0.293. The van der Waals surface area contributed by atoms with Crippen LogP contribution in [0.15, 0.2) is 40.6 Å². The van der Waals surface area contributed by atoms with Gasteiger partial charge < -0.3 is 20.3 Å². The normalized spacial score (nSPS) is 14.2. The highest BCUT2D eigenvalue weighted by Crippen LogP contribution is 2.38. The molecule has 0 radical (unpaired) electrons. The number of carbonyl (C=O) groups is 4. The van der Waals surface area contributed by atoms with Gasteiger partial charge in [-0.2, -0.15) is 0 Å². The van der Waals surface area contributed by atoms with E-state index in [2.05, 4.69) is 15.6 Å². The van der Waals surface area contributed by atoms with Crippen LogP contribution in [0.5, 0.6) is 0 Å². The monoisotopic (exact) mass is 538 g/mol. The van der Waals surface area contributed by atoms with E-state index in [-0.39, 0.29) is 50.9 Å². The Morgan fingerprint density at radius 3 is 2.43 bits per heavy atom.